The molecule has 1 saturated carbocycles. The number of carbonyl (C=O) groups is 3. The lowest BCUT2D eigenvalue weighted by Crippen LogP contribution is -2.45. The van der Waals surface area contributed by atoms with Gasteiger partial charge in [0.25, 0.3) is 0 Å². The van der Waals surface area contributed by atoms with Crippen LogP contribution in [-0.4, -0.2) is 64.2 Å². The van der Waals surface area contributed by atoms with Crippen molar-refractivity contribution in [1.82, 2.24) is 14.6 Å². The summed E-state index contributed by atoms with van der Waals surface area (Å²) in [7, 11) is 0. The van der Waals surface area contributed by atoms with Gasteiger partial charge in [0, 0.05) is 0 Å². The number of hydrogen-bond donors (Lipinski definition) is 1. The van der Waals surface area contributed by atoms with E-state index in [1.165, 1.54) is 16.9 Å². The van der Waals surface area contributed by atoms with Crippen LogP contribution in [0.25, 0.3) is 5.52 Å². The zero-order valence-corrected chi connectivity index (χ0v) is 21.3. The number of fused-ring (bicyclic) bond motifs is 2. The van der Waals surface area contributed by atoms with Crippen molar-refractivity contribution in [2.75, 3.05) is 18.9 Å². The lowest BCUT2D eigenvalue weighted by Gasteiger charge is -2.28. The van der Waals surface area contributed by atoms with Gasteiger partial charge in [-0.25, -0.2) is 14.3 Å². The number of nitrogens with zero attached hydrogens (tertiary/aromatic N) is 5. The highest BCUT2D eigenvalue weighted by molar-refractivity contribution is 5.75. The Morgan fingerprint density at radius 3 is 2.54 bits per heavy atom. The van der Waals surface area contributed by atoms with Crippen LogP contribution in [0.15, 0.2) is 18.5 Å². The first kappa shape index (κ1) is 26.2. The number of esters is 2. The number of carbonyl (C=O) groups excluding carboxylic acids is 3. The molecule has 2 aromatic rings. The molecule has 4 heterocycles. The van der Waals surface area contributed by atoms with Gasteiger partial charge >= 0.3 is 18.1 Å². The van der Waals surface area contributed by atoms with E-state index >= 15 is 0 Å². The third kappa shape index (κ3) is 4.79. The van der Waals surface area contributed by atoms with Crippen LogP contribution >= 0.6 is 0 Å². The molecule has 0 bridgehead atoms. The molecule has 0 aromatic carbocycles. The largest absolute Gasteiger partial charge is 0.508 e. The first-order valence-electron chi connectivity index (χ1n) is 12.3. The zero-order valence-electron chi connectivity index (χ0n) is 21.3. The van der Waals surface area contributed by atoms with Crippen molar-refractivity contribution in [3.8, 4) is 12.1 Å². The minimum absolute atomic E-state index is 0.103. The van der Waals surface area contributed by atoms with Crippen molar-refractivity contribution in [3.05, 3.63) is 24.2 Å². The van der Waals surface area contributed by atoms with Crippen molar-refractivity contribution in [2.24, 2.45) is 10.8 Å². The maximum Gasteiger partial charge on any atom is 0.508 e. The minimum atomic E-state index is -2.03. The van der Waals surface area contributed by atoms with Crippen LogP contribution in [0.5, 0.6) is 0 Å². The molecule has 204 valence electrons. The maximum atomic E-state index is 13.0. The van der Waals surface area contributed by atoms with Gasteiger partial charge in [0.1, 0.15) is 37.2 Å². The predicted molar refractivity (Wildman–Crippen MR) is 127 cm³/mol. The second kappa shape index (κ2) is 9.39. The van der Waals surface area contributed by atoms with Crippen LogP contribution in [0.3, 0.4) is 0 Å². The molecule has 3 aliphatic rings. The van der Waals surface area contributed by atoms with E-state index < -0.39 is 59.4 Å². The van der Waals surface area contributed by atoms with E-state index in [9.17, 15) is 24.9 Å². The van der Waals surface area contributed by atoms with Gasteiger partial charge in [-0.2, -0.15) is 15.6 Å². The molecule has 1 aliphatic carbocycles. The highest BCUT2D eigenvalue weighted by atomic mass is 16.7. The van der Waals surface area contributed by atoms with Crippen LogP contribution in [0, 0.1) is 33.5 Å². The molecule has 14 heteroatoms. The Bertz CT molecular complexity index is 1420. The highest BCUT2D eigenvalue weighted by Gasteiger charge is 2.63. The Hall–Kier alpha value is -4.43. The standard InChI is InChI=1S/C25H26N6O8/c1-23(2)7-17(32)37-19-15(9-35-22(34)36-12-24(10-26)5-6-24)39-25(11-27,20(19)38-18(33)8-23)16-4-3-14-21(28)29-13-30-31(14)16/h3-4,13,15,19-20H,5-9,12H2,1-2H3,(H2,28,29,30)/t15-,19-,20-,25+/m1/s1. The van der Waals surface area contributed by atoms with Crippen LogP contribution in [0.1, 0.15) is 45.2 Å². The second-order valence-electron chi connectivity index (χ2n) is 10.8. The van der Waals surface area contributed by atoms with Crippen LogP contribution < -0.4 is 5.73 Å². The Labute approximate surface area is 222 Å². The lowest BCUT2D eigenvalue weighted by molar-refractivity contribution is -0.166. The molecule has 0 unspecified atom stereocenters. The van der Waals surface area contributed by atoms with E-state index in [0.29, 0.717) is 18.4 Å². The lowest BCUT2D eigenvalue weighted by atomic mass is 9.86. The third-order valence-corrected chi connectivity index (χ3v) is 7.13. The molecule has 4 atom stereocenters. The molecule has 14 nitrogen and oxygen atoms in total. The number of aromatic nitrogens is 3. The average molecular weight is 539 g/mol. The van der Waals surface area contributed by atoms with Crippen molar-refractivity contribution in [1.29, 1.82) is 10.5 Å². The smallest absolute Gasteiger partial charge is 0.455 e. The van der Waals surface area contributed by atoms with E-state index in [0.717, 1.165) is 0 Å². The van der Waals surface area contributed by atoms with Crippen molar-refractivity contribution < 1.29 is 38.1 Å². The summed E-state index contributed by atoms with van der Waals surface area (Å²) in [5.74, 6) is -1.18. The number of rotatable bonds is 5. The molecule has 2 aromatic heterocycles. The van der Waals surface area contributed by atoms with Crippen LogP contribution in [-0.2, 0) is 38.9 Å². The monoisotopic (exact) mass is 538 g/mol. The van der Waals surface area contributed by atoms with Gasteiger partial charge in [-0.05, 0) is 30.4 Å². The molecule has 2 saturated heterocycles. The summed E-state index contributed by atoms with van der Waals surface area (Å²) in [6.07, 6.45) is -2.85. The van der Waals surface area contributed by atoms with Gasteiger partial charge in [0.05, 0.1) is 30.0 Å². The van der Waals surface area contributed by atoms with E-state index in [2.05, 4.69) is 22.2 Å². The summed E-state index contributed by atoms with van der Waals surface area (Å²) < 4.78 is 29.3. The van der Waals surface area contributed by atoms with Gasteiger partial charge in [0.15, 0.2) is 18.0 Å². The Morgan fingerprint density at radius 1 is 1.15 bits per heavy atom. The summed E-state index contributed by atoms with van der Waals surface area (Å²) in [5, 5.41) is 23.8. The van der Waals surface area contributed by atoms with Gasteiger partial charge in [-0.1, -0.05) is 13.8 Å². The fraction of sp³-hybridized carbons (Fsp3) is 0.560. The summed E-state index contributed by atoms with van der Waals surface area (Å²) in [6, 6.07) is 7.26. The predicted octanol–water partition coefficient (Wildman–Crippen LogP) is 1.53. The zero-order chi connectivity index (χ0) is 28.0. The van der Waals surface area contributed by atoms with E-state index in [-0.39, 0.29) is 31.0 Å². The van der Waals surface area contributed by atoms with E-state index in [1.807, 2.05) is 0 Å². The Balaban J connectivity index is 1.49. The SMILES string of the molecule is CC1(C)CC(=O)O[C@H]2[C@@H](OC(=O)C1)[C@](C#N)(c1ccc3c(N)ncnn13)O[C@@H]2COC(=O)OCC1(C#N)CC1. The summed E-state index contributed by atoms with van der Waals surface area (Å²) >= 11 is 0. The van der Waals surface area contributed by atoms with Crippen molar-refractivity contribution in [2.45, 2.75) is 63.4 Å². The van der Waals surface area contributed by atoms with Gasteiger partial charge < -0.3 is 29.4 Å². The quantitative estimate of drug-likeness (QED) is 0.424. The second-order valence-corrected chi connectivity index (χ2v) is 10.8. The molecular formula is C25H26N6O8. The van der Waals surface area contributed by atoms with E-state index in [4.69, 9.17) is 29.4 Å². The molecule has 2 aliphatic heterocycles. The molecule has 0 radical (unpaired) electrons. The fourth-order valence-electron chi connectivity index (χ4n) is 4.85. The number of hydrogen-bond acceptors (Lipinski definition) is 13. The molecule has 5 rings (SSSR count). The first-order valence-corrected chi connectivity index (χ1v) is 12.3. The molecule has 3 fully saturated rings. The van der Waals surface area contributed by atoms with Crippen LogP contribution in [0.2, 0.25) is 0 Å². The summed E-state index contributed by atoms with van der Waals surface area (Å²) in [6.45, 7) is 2.81. The first-order chi connectivity index (χ1) is 18.5. The van der Waals surface area contributed by atoms with Crippen molar-refractivity contribution >= 4 is 29.4 Å². The van der Waals surface area contributed by atoms with Crippen LogP contribution in [0.4, 0.5) is 10.6 Å². The average Bonchev–Trinajstić information content (AvgIpc) is 3.43. The number of nitriles is 2. The number of ether oxygens (including phenoxy) is 5. The van der Waals surface area contributed by atoms with Gasteiger partial charge in [-0.3, -0.25) is 9.59 Å². The maximum absolute atomic E-state index is 13.0. The number of nitrogens with two attached hydrogens (primary N) is 1. The Morgan fingerprint density at radius 2 is 1.87 bits per heavy atom. The third-order valence-electron chi connectivity index (χ3n) is 7.13. The van der Waals surface area contributed by atoms with E-state index in [1.54, 1.807) is 19.9 Å². The fourth-order valence-corrected chi connectivity index (χ4v) is 4.85. The Kier molecular flexibility index (Phi) is 6.31. The van der Waals surface area contributed by atoms with Gasteiger partial charge in [0.2, 0.25) is 5.60 Å². The molecular weight excluding hydrogens is 512 g/mol. The highest BCUT2D eigenvalue weighted by Crippen LogP contribution is 2.46. The topological polar surface area (TPSA) is 201 Å². The summed E-state index contributed by atoms with van der Waals surface area (Å²) in [5.41, 5.74) is 2.97. The minimum Gasteiger partial charge on any atom is -0.455 e. The van der Waals surface area contributed by atoms with Gasteiger partial charge in [-0.15, -0.1) is 0 Å². The number of nitrogen functional groups attached to an aromatic ring is 1. The molecule has 39 heavy (non-hydrogen) atoms. The summed E-state index contributed by atoms with van der Waals surface area (Å²) in [4.78, 5) is 42.1. The van der Waals surface area contributed by atoms with Crippen molar-refractivity contribution in [3.63, 3.8) is 0 Å². The number of anilines is 1. The molecule has 2 N–H and O–H groups in total. The normalized spacial score (nSPS) is 28.9. The molecule has 0 amide bonds. The molecule has 0 spiro atoms.